The summed E-state index contributed by atoms with van der Waals surface area (Å²) in [6, 6.07) is 4.39. The predicted octanol–water partition coefficient (Wildman–Crippen LogP) is 2.73. The lowest BCUT2D eigenvalue weighted by Crippen LogP contribution is -2.33. The van der Waals surface area contributed by atoms with Gasteiger partial charge < -0.3 is 0 Å². The first-order valence-corrected chi connectivity index (χ1v) is 6.62. The minimum atomic E-state index is -5.03. The van der Waals surface area contributed by atoms with Crippen LogP contribution in [0, 0.1) is 5.82 Å². The van der Waals surface area contributed by atoms with Crippen LogP contribution in [0.15, 0.2) is 30.5 Å². The number of nitrogen functional groups attached to an aromatic ring is 1. The summed E-state index contributed by atoms with van der Waals surface area (Å²) in [5.74, 6) is 1.23. The van der Waals surface area contributed by atoms with Gasteiger partial charge in [0.25, 0.3) is 5.91 Å². The zero-order chi connectivity index (χ0) is 18.1. The number of hydrogen-bond donors (Lipinski definition) is 2. The van der Waals surface area contributed by atoms with Crippen LogP contribution in [0.2, 0.25) is 5.15 Å². The summed E-state index contributed by atoms with van der Waals surface area (Å²) in [5.41, 5.74) is -2.62. The molecular weight excluding hydrogens is 354 g/mol. The summed E-state index contributed by atoms with van der Waals surface area (Å²) in [6.45, 7) is 0. The van der Waals surface area contributed by atoms with E-state index in [9.17, 15) is 27.2 Å². The molecule has 2 aromatic rings. The highest BCUT2D eigenvalue weighted by Gasteiger charge is 2.39. The molecule has 0 aliphatic heterocycles. The fourth-order valence-electron chi connectivity index (χ4n) is 2.00. The van der Waals surface area contributed by atoms with E-state index in [1.54, 1.807) is 5.43 Å². The zero-order valence-corrected chi connectivity index (χ0v) is 12.4. The number of hydrogen-bond acceptors (Lipinski definition) is 4. The Morgan fingerprint density at radius 1 is 1.17 bits per heavy atom. The van der Waals surface area contributed by atoms with Gasteiger partial charge in [-0.15, -0.1) is 0 Å². The number of carbonyl (C=O) groups excluding carboxylic acids is 2. The molecule has 0 fully saturated rings. The largest absolute Gasteiger partial charge is 0.418 e. The van der Waals surface area contributed by atoms with Gasteiger partial charge in [-0.3, -0.25) is 15.0 Å². The van der Waals surface area contributed by atoms with E-state index in [1.807, 2.05) is 0 Å². The highest BCUT2D eigenvalue weighted by Crippen LogP contribution is 2.36. The summed E-state index contributed by atoms with van der Waals surface area (Å²) in [5, 5.41) is -0.675. The van der Waals surface area contributed by atoms with Gasteiger partial charge in [-0.2, -0.15) is 13.2 Å². The van der Waals surface area contributed by atoms with E-state index in [4.69, 9.17) is 17.4 Å². The number of benzene rings is 1. The fraction of sp³-hybridized carbons (Fsp3) is 0.0714. The van der Waals surface area contributed by atoms with E-state index in [-0.39, 0.29) is 0 Å². The third-order valence-electron chi connectivity index (χ3n) is 3.04. The van der Waals surface area contributed by atoms with Crippen molar-refractivity contribution in [3.63, 3.8) is 0 Å². The quantitative estimate of drug-likeness (QED) is 0.220. The number of halogens is 5. The molecule has 0 aliphatic rings. The topological polar surface area (TPSA) is 85.1 Å². The van der Waals surface area contributed by atoms with Crippen LogP contribution >= 0.6 is 11.6 Å². The van der Waals surface area contributed by atoms with Gasteiger partial charge in [0, 0.05) is 6.20 Å². The van der Waals surface area contributed by atoms with E-state index in [2.05, 4.69) is 4.98 Å². The molecule has 1 aromatic heterocycles. The average Bonchev–Trinajstić information content (AvgIpc) is 2.52. The number of nitrogens with one attached hydrogen (secondary N) is 1. The Kier molecular flexibility index (Phi) is 4.86. The Hall–Kier alpha value is -2.52. The van der Waals surface area contributed by atoms with Crippen LogP contribution in [0.3, 0.4) is 0 Å². The zero-order valence-electron chi connectivity index (χ0n) is 11.6. The van der Waals surface area contributed by atoms with E-state index in [0.29, 0.717) is 6.20 Å². The van der Waals surface area contributed by atoms with Gasteiger partial charge in [0.1, 0.15) is 11.0 Å². The van der Waals surface area contributed by atoms with Crippen molar-refractivity contribution < 1.29 is 27.2 Å². The van der Waals surface area contributed by atoms with Crippen LogP contribution in [0.5, 0.6) is 0 Å². The van der Waals surface area contributed by atoms with Crippen LogP contribution in [0.1, 0.15) is 31.8 Å². The first kappa shape index (κ1) is 17.8. The number of alkyl halides is 3. The molecule has 1 aromatic carbocycles. The van der Waals surface area contributed by atoms with Gasteiger partial charge in [-0.05, 0) is 12.1 Å². The number of carbonyl (C=O) groups is 2. The molecule has 2 rings (SSSR count). The van der Waals surface area contributed by atoms with Gasteiger partial charge in [-0.1, -0.05) is 23.7 Å². The normalized spacial score (nSPS) is 11.2. The minimum absolute atomic E-state index is 0.295. The van der Waals surface area contributed by atoms with Crippen molar-refractivity contribution in [2.75, 3.05) is 0 Å². The Balaban J connectivity index is 2.83. The molecule has 0 unspecified atom stereocenters. The van der Waals surface area contributed by atoms with Gasteiger partial charge in [0.15, 0.2) is 5.78 Å². The summed E-state index contributed by atoms with van der Waals surface area (Å²) in [6.07, 6.45) is -4.73. The molecule has 0 aliphatic carbocycles. The number of pyridine rings is 1. The number of hydrazine groups is 1. The third-order valence-corrected chi connectivity index (χ3v) is 3.33. The Morgan fingerprint density at radius 3 is 2.33 bits per heavy atom. The number of amides is 1. The fourth-order valence-corrected chi connectivity index (χ4v) is 2.23. The molecule has 126 valence electrons. The number of aromatic nitrogens is 1. The Labute approximate surface area is 137 Å². The SMILES string of the molecule is NNC(=O)c1c(Cl)ncc(C(F)(F)F)c1C(=O)c1ccccc1F. The van der Waals surface area contributed by atoms with Gasteiger partial charge in [-0.25, -0.2) is 15.2 Å². The second-order valence-corrected chi connectivity index (χ2v) is 4.85. The summed E-state index contributed by atoms with van der Waals surface area (Å²) >= 11 is 5.66. The summed E-state index contributed by atoms with van der Waals surface area (Å²) in [4.78, 5) is 27.5. The van der Waals surface area contributed by atoms with Gasteiger partial charge in [0.2, 0.25) is 0 Å². The molecule has 10 heteroatoms. The highest BCUT2D eigenvalue weighted by molar-refractivity contribution is 6.34. The first-order chi connectivity index (χ1) is 11.2. The second-order valence-electron chi connectivity index (χ2n) is 4.49. The van der Waals surface area contributed by atoms with Crippen LogP contribution in [0.25, 0.3) is 0 Å². The molecule has 24 heavy (non-hydrogen) atoms. The third kappa shape index (κ3) is 3.22. The molecule has 0 spiro atoms. The summed E-state index contributed by atoms with van der Waals surface area (Å²) < 4.78 is 53.4. The molecular formula is C14H8ClF4N3O2. The molecule has 0 bridgehead atoms. The van der Waals surface area contributed by atoms with Crippen molar-refractivity contribution in [2.24, 2.45) is 5.84 Å². The molecule has 0 saturated heterocycles. The van der Waals surface area contributed by atoms with Crippen LogP contribution in [0.4, 0.5) is 17.6 Å². The number of nitrogens with zero attached hydrogens (tertiary/aromatic N) is 1. The van der Waals surface area contributed by atoms with E-state index in [1.165, 1.54) is 12.1 Å². The first-order valence-electron chi connectivity index (χ1n) is 6.24. The highest BCUT2D eigenvalue weighted by atomic mass is 35.5. The lowest BCUT2D eigenvalue weighted by molar-refractivity contribution is -0.138. The van der Waals surface area contributed by atoms with E-state index < -0.39 is 51.1 Å². The van der Waals surface area contributed by atoms with Crippen molar-refractivity contribution in [3.8, 4) is 0 Å². The molecule has 0 saturated carbocycles. The standard InChI is InChI=1S/C14H8ClF4N3O2/c15-12-10(13(24)22-20)9(7(5-21-12)14(17,18)19)11(23)6-3-1-2-4-8(6)16/h1-5H,20H2,(H,22,24). The molecule has 0 radical (unpaired) electrons. The van der Waals surface area contributed by atoms with Gasteiger partial charge >= 0.3 is 6.18 Å². The second kappa shape index (κ2) is 6.54. The monoisotopic (exact) mass is 361 g/mol. The molecule has 0 atom stereocenters. The smallest absolute Gasteiger partial charge is 0.290 e. The minimum Gasteiger partial charge on any atom is -0.290 e. The maximum absolute atomic E-state index is 13.8. The molecule has 1 heterocycles. The molecule has 3 N–H and O–H groups in total. The Bertz CT molecular complexity index is 824. The van der Waals surface area contributed by atoms with E-state index >= 15 is 0 Å². The van der Waals surface area contributed by atoms with Crippen LogP contribution in [-0.4, -0.2) is 16.7 Å². The van der Waals surface area contributed by atoms with Crippen molar-refractivity contribution in [1.82, 2.24) is 10.4 Å². The van der Waals surface area contributed by atoms with E-state index in [0.717, 1.165) is 12.1 Å². The maximum Gasteiger partial charge on any atom is 0.418 e. The summed E-state index contributed by atoms with van der Waals surface area (Å²) in [7, 11) is 0. The lowest BCUT2D eigenvalue weighted by atomic mass is 9.94. The van der Waals surface area contributed by atoms with Crippen LogP contribution in [-0.2, 0) is 6.18 Å². The Morgan fingerprint density at radius 2 is 1.79 bits per heavy atom. The number of nitrogens with two attached hydrogens (primary N) is 1. The molecule has 5 nitrogen and oxygen atoms in total. The average molecular weight is 362 g/mol. The number of rotatable bonds is 3. The van der Waals surface area contributed by atoms with Crippen molar-refractivity contribution >= 4 is 23.3 Å². The van der Waals surface area contributed by atoms with Gasteiger partial charge in [0.05, 0.1) is 22.3 Å². The van der Waals surface area contributed by atoms with Crippen molar-refractivity contribution in [1.29, 1.82) is 0 Å². The predicted molar refractivity (Wildman–Crippen MR) is 75.7 cm³/mol. The maximum atomic E-state index is 13.8. The van der Waals surface area contributed by atoms with Crippen molar-refractivity contribution in [3.05, 3.63) is 63.7 Å². The van der Waals surface area contributed by atoms with Crippen molar-refractivity contribution in [2.45, 2.75) is 6.18 Å². The number of ketones is 1. The van der Waals surface area contributed by atoms with Crippen LogP contribution < -0.4 is 11.3 Å². The molecule has 1 amide bonds. The lowest BCUT2D eigenvalue weighted by Gasteiger charge is -2.16.